The first-order valence-corrected chi connectivity index (χ1v) is 7.44. The molecule has 4 nitrogen and oxygen atoms in total. The molecule has 0 spiro atoms. The first-order valence-electron chi connectivity index (χ1n) is 7.44. The molecule has 2 rings (SSSR count). The smallest absolute Gasteiger partial charge is 0.237 e. The Morgan fingerprint density at radius 3 is 2.71 bits per heavy atom. The fraction of sp³-hybridized carbons (Fsp3) is 0.562. The predicted octanol–water partition coefficient (Wildman–Crippen LogP) is 1.66. The number of benzene rings is 1. The van der Waals surface area contributed by atoms with Gasteiger partial charge in [0.15, 0.2) is 0 Å². The topological polar surface area (TPSA) is 61.4 Å². The van der Waals surface area contributed by atoms with Crippen LogP contribution in [0.4, 0.5) is 0 Å². The third-order valence-electron chi connectivity index (χ3n) is 3.73. The van der Waals surface area contributed by atoms with E-state index in [0.29, 0.717) is 13.0 Å². The molecule has 3 unspecified atom stereocenters. The summed E-state index contributed by atoms with van der Waals surface area (Å²) in [5.74, 6) is 0.0101. The highest BCUT2D eigenvalue weighted by atomic mass is 35.5. The number of halogens is 1. The third kappa shape index (κ3) is 5.65. The average molecular weight is 313 g/mol. The first kappa shape index (κ1) is 18.0. The van der Waals surface area contributed by atoms with Gasteiger partial charge in [0.25, 0.3) is 0 Å². The predicted molar refractivity (Wildman–Crippen MR) is 86.6 cm³/mol. The van der Waals surface area contributed by atoms with E-state index in [-0.39, 0.29) is 30.4 Å². The van der Waals surface area contributed by atoms with Crippen LogP contribution in [0.3, 0.4) is 0 Å². The number of carbonyl (C=O) groups is 1. The fourth-order valence-electron chi connectivity index (χ4n) is 2.69. The molecule has 1 fully saturated rings. The minimum atomic E-state index is -0.399. The summed E-state index contributed by atoms with van der Waals surface area (Å²) in [6.07, 6.45) is 2.98. The van der Waals surface area contributed by atoms with Gasteiger partial charge in [-0.15, -0.1) is 12.4 Å². The Balaban J connectivity index is 0.00000220. The zero-order valence-electron chi connectivity index (χ0n) is 12.4. The van der Waals surface area contributed by atoms with Crippen molar-refractivity contribution in [2.75, 3.05) is 6.54 Å². The van der Waals surface area contributed by atoms with Crippen molar-refractivity contribution < 1.29 is 9.90 Å². The molecule has 0 aliphatic carbocycles. The lowest BCUT2D eigenvalue weighted by molar-refractivity contribution is -0.123. The summed E-state index contributed by atoms with van der Waals surface area (Å²) in [5.41, 5.74) is 1.24. The molecule has 1 aliphatic heterocycles. The van der Waals surface area contributed by atoms with Crippen molar-refractivity contribution >= 4 is 18.3 Å². The molecular formula is C16H25ClN2O2. The first-order chi connectivity index (χ1) is 9.69. The largest absolute Gasteiger partial charge is 0.392 e. The monoisotopic (exact) mass is 312 g/mol. The van der Waals surface area contributed by atoms with Crippen LogP contribution >= 0.6 is 12.4 Å². The number of hydrogen-bond acceptors (Lipinski definition) is 3. The molecule has 3 N–H and O–H groups in total. The quantitative estimate of drug-likeness (QED) is 0.748. The number of nitrogens with one attached hydrogen (secondary N) is 2. The van der Waals surface area contributed by atoms with E-state index in [4.69, 9.17) is 0 Å². The lowest BCUT2D eigenvalue weighted by Crippen LogP contribution is -2.45. The van der Waals surface area contributed by atoms with E-state index in [9.17, 15) is 9.90 Å². The van der Waals surface area contributed by atoms with Crippen molar-refractivity contribution in [2.45, 2.75) is 50.8 Å². The van der Waals surface area contributed by atoms with Gasteiger partial charge in [0.2, 0.25) is 5.91 Å². The molecular weight excluding hydrogens is 288 g/mol. The van der Waals surface area contributed by atoms with E-state index in [0.717, 1.165) is 19.3 Å². The van der Waals surface area contributed by atoms with Gasteiger partial charge < -0.3 is 15.7 Å². The molecule has 1 saturated heterocycles. The lowest BCUT2D eigenvalue weighted by Gasteiger charge is -2.20. The average Bonchev–Trinajstić information content (AvgIpc) is 2.87. The molecule has 3 atom stereocenters. The second-order valence-electron chi connectivity index (χ2n) is 5.53. The van der Waals surface area contributed by atoms with E-state index in [1.165, 1.54) is 5.56 Å². The summed E-state index contributed by atoms with van der Waals surface area (Å²) in [4.78, 5) is 12.2. The maximum atomic E-state index is 12.2. The number of aliphatic hydroxyl groups excluding tert-OH is 1. The van der Waals surface area contributed by atoms with Gasteiger partial charge in [-0.05, 0) is 24.8 Å². The van der Waals surface area contributed by atoms with Gasteiger partial charge in [-0.25, -0.2) is 0 Å². The van der Waals surface area contributed by atoms with Gasteiger partial charge in [-0.3, -0.25) is 4.79 Å². The summed E-state index contributed by atoms with van der Waals surface area (Å²) < 4.78 is 0. The molecule has 1 heterocycles. The molecule has 0 bridgehead atoms. The van der Waals surface area contributed by atoms with Crippen molar-refractivity contribution in [1.82, 2.24) is 10.6 Å². The number of hydrogen-bond donors (Lipinski definition) is 3. The third-order valence-corrected chi connectivity index (χ3v) is 3.73. The van der Waals surface area contributed by atoms with Crippen LogP contribution in [0.25, 0.3) is 0 Å². The van der Waals surface area contributed by atoms with Gasteiger partial charge in [-0.1, -0.05) is 43.7 Å². The van der Waals surface area contributed by atoms with E-state index < -0.39 is 6.10 Å². The maximum Gasteiger partial charge on any atom is 0.237 e. The van der Waals surface area contributed by atoms with Crippen LogP contribution in [-0.2, 0) is 11.2 Å². The Morgan fingerprint density at radius 2 is 2.14 bits per heavy atom. The standard InChI is InChI=1S/C16H24N2O2.ClH/c1-2-6-13(9-12-7-4-3-5-8-12)18-16(20)15-10-14(19)11-17-15;/h3-5,7-8,13-15,17,19H,2,6,9-11H2,1H3,(H,18,20);1H. The van der Waals surface area contributed by atoms with Crippen LogP contribution in [-0.4, -0.2) is 35.7 Å². The van der Waals surface area contributed by atoms with Crippen LogP contribution in [0.2, 0.25) is 0 Å². The summed E-state index contributed by atoms with van der Waals surface area (Å²) in [5, 5.41) is 15.7. The van der Waals surface area contributed by atoms with Gasteiger partial charge in [0, 0.05) is 12.6 Å². The Labute approximate surface area is 132 Å². The van der Waals surface area contributed by atoms with Gasteiger partial charge >= 0.3 is 0 Å². The Bertz CT molecular complexity index is 428. The SMILES string of the molecule is CCCC(Cc1ccccc1)NC(=O)C1CC(O)CN1.Cl. The van der Waals surface area contributed by atoms with Crippen LogP contribution in [0, 0.1) is 0 Å². The summed E-state index contributed by atoms with van der Waals surface area (Å²) in [7, 11) is 0. The van der Waals surface area contributed by atoms with E-state index >= 15 is 0 Å². The molecule has 0 saturated carbocycles. The number of rotatable bonds is 6. The van der Waals surface area contributed by atoms with Crippen molar-refractivity contribution in [1.29, 1.82) is 0 Å². The van der Waals surface area contributed by atoms with E-state index in [1.54, 1.807) is 0 Å². The second kappa shape index (κ2) is 9.03. The zero-order chi connectivity index (χ0) is 14.4. The van der Waals surface area contributed by atoms with Crippen molar-refractivity contribution in [3.63, 3.8) is 0 Å². The van der Waals surface area contributed by atoms with Gasteiger partial charge in [-0.2, -0.15) is 0 Å². The summed E-state index contributed by atoms with van der Waals surface area (Å²) >= 11 is 0. The van der Waals surface area contributed by atoms with Crippen LogP contribution < -0.4 is 10.6 Å². The van der Waals surface area contributed by atoms with Gasteiger partial charge in [0.1, 0.15) is 0 Å². The zero-order valence-corrected chi connectivity index (χ0v) is 13.2. The van der Waals surface area contributed by atoms with Gasteiger partial charge in [0.05, 0.1) is 12.1 Å². The van der Waals surface area contributed by atoms with Crippen LogP contribution in [0.5, 0.6) is 0 Å². The van der Waals surface area contributed by atoms with E-state index in [1.807, 2.05) is 18.2 Å². The Kier molecular flexibility index (Phi) is 7.72. The second-order valence-corrected chi connectivity index (χ2v) is 5.53. The van der Waals surface area contributed by atoms with E-state index in [2.05, 4.69) is 29.7 Å². The highest BCUT2D eigenvalue weighted by Crippen LogP contribution is 2.10. The molecule has 0 radical (unpaired) electrons. The molecule has 1 aliphatic rings. The number of carbonyl (C=O) groups excluding carboxylic acids is 1. The molecule has 1 aromatic carbocycles. The molecule has 21 heavy (non-hydrogen) atoms. The Hall–Kier alpha value is -1.10. The molecule has 0 aromatic heterocycles. The highest BCUT2D eigenvalue weighted by Gasteiger charge is 2.29. The summed E-state index contributed by atoms with van der Waals surface area (Å²) in [6, 6.07) is 10.1. The molecule has 1 amide bonds. The maximum absolute atomic E-state index is 12.2. The molecule has 118 valence electrons. The minimum absolute atomic E-state index is 0. The van der Waals surface area contributed by atoms with Crippen molar-refractivity contribution in [2.24, 2.45) is 0 Å². The minimum Gasteiger partial charge on any atom is -0.392 e. The molecule has 1 aromatic rings. The number of aliphatic hydroxyl groups is 1. The number of β-amino-alcohol motifs (C(OH)–C–C–N with tert-alkyl or cyclic N) is 1. The van der Waals surface area contributed by atoms with Crippen LogP contribution in [0.15, 0.2) is 30.3 Å². The van der Waals surface area contributed by atoms with Crippen molar-refractivity contribution in [3.8, 4) is 0 Å². The lowest BCUT2D eigenvalue weighted by atomic mass is 10.0. The highest BCUT2D eigenvalue weighted by molar-refractivity contribution is 5.85. The fourth-order valence-corrected chi connectivity index (χ4v) is 2.69. The van der Waals surface area contributed by atoms with Crippen LogP contribution in [0.1, 0.15) is 31.7 Å². The normalized spacial score (nSPS) is 22.4. The Morgan fingerprint density at radius 1 is 1.43 bits per heavy atom. The summed E-state index contributed by atoms with van der Waals surface area (Å²) in [6.45, 7) is 2.64. The van der Waals surface area contributed by atoms with Crippen molar-refractivity contribution in [3.05, 3.63) is 35.9 Å². The molecule has 5 heteroatoms. The number of amides is 1.